The molecule has 2 aliphatic rings. The molecule has 1 aromatic heterocycles. The standard InChI is InChI=1S/C13H20N2O2/c1-8-5-10-11(6-9(8)2)15-13(14-10)12-7-16-3-4-17-12/h8-9,12H,3-7H2,1-2H3,(H,14,15). The molecule has 0 bridgehead atoms. The minimum absolute atomic E-state index is 0.0000350. The summed E-state index contributed by atoms with van der Waals surface area (Å²) in [5.74, 6) is 2.41. The lowest BCUT2D eigenvalue weighted by Gasteiger charge is -2.24. The van der Waals surface area contributed by atoms with E-state index in [9.17, 15) is 0 Å². The third-order valence-electron chi connectivity index (χ3n) is 4.02. The summed E-state index contributed by atoms with van der Waals surface area (Å²) in [4.78, 5) is 8.14. The first-order valence-electron chi connectivity index (χ1n) is 6.51. The monoisotopic (exact) mass is 236 g/mol. The number of ether oxygens (including phenoxy) is 2. The van der Waals surface area contributed by atoms with E-state index in [1.807, 2.05) is 0 Å². The molecule has 1 N–H and O–H groups in total. The van der Waals surface area contributed by atoms with Gasteiger partial charge in [0, 0.05) is 5.69 Å². The Kier molecular flexibility index (Phi) is 2.92. The molecular formula is C13H20N2O2. The maximum absolute atomic E-state index is 5.68. The van der Waals surface area contributed by atoms with E-state index in [1.165, 1.54) is 11.4 Å². The highest BCUT2D eigenvalue weighted by Crippen LogP contribution is 2.30. The molecule has 1 aliphatic heterocycles. The van der Waals surface area contributed by atoms with Crippen LogP contribution < -0.4 is 0 Å². The van der Waals surface area contributed by atoms with Gasteiger partial charge >= 0.3 is 0 Å². The molecule has 3 rings (SSSR count). The molecule has 1 saturated heterocycles. The summed E-state index contributed by atoms with van der Waals surface area (Å²) in [5, 5.41) is 0. The number of aromatic nitrogens is 2. The zero-order valence-corrected chi connectivity index (χ0v) is 10.5. The van der Waals surface area contributed by atoms with Gasteiger partial charge in [0.2, 0.25) is 0 Å². The molecule has 1 aromatic rings. The van der Waals surface area contributed by atoms with Crippen LogP contribution in [0.25, 0.3) is 0 Å². The molecular weight excluding hydrogens is 216 g/mol. The zero-order valence-electron chi connectivity index (χ0n) is 10.5. The first kappa shape index (κ1) is 11.2. The van der Waals surface area contributed by atoms with Gasteiger partial charge in [-0.15, -0.1) is 0 Å². The average molecular weight is 236 g/mol. The minimum atomic E-state index is -0.0000350. The number of nitrogens with zero attached hydrogens (tertiary/aromatic N) is 1. The van der Waals surface area contributed by atoms with Crippen molar-refractivity contribution in [2.45, 2.75) is 32.8 Å². The van der Waals surface area contributed by atoms with E-state index in [1.54, 1.807) is 0 Å². The van der Waals surface area contributed by atoms with Crippen molar-refractivity contribution in [1.29, 1.82) is 0 Å². The van der Waals surface area contributed by atoms with E-state index in [0.717, 1.165) is 30.5 Å². The van der Waals surface area contributed by atoms with Gasteiger partial charge in [0.1, 0.15) is 11.9 Å². The van der Waals surface area contributed by atoms with E-state index in [4.69, 9.17) is 14.5 Å². The quantitative estimate of drug-likeness (QED) is 0.809. The van der Waals surface area contributed by atoms with Crippen LogP contribution in [0.5, 0.6) is 0 Å². The van der Waals surface area contributed by atoms with Crippen LogP contribution in [-0.4, -0.2) is 29.8 Å². The molecule has 4 nitrogen and oxygen atoms in total. The Morgan fingerprint density at radius 3 is 2.76 bits per heavy atom. The molecule has 0 amide bonds. The van der Waals surface area contributed by atoms with Crippen LogP contribution in [0.4, 0.5) is 0 Å². The Morgan fingerprint density at radius 2 is 2.00 bits per heavy atom. The number of aromatic amines is 1. The first-order valence-corrected chi connectivity index (χ1v) is 6.51. The van der Waals surface area contributed by atoms with Gasteiger partial charge in [-0.1, -0.05) is 13.8 Å². The van der Waals surface area contributed by atoms with E-state index >= 15 is 0 Å². The van der Waals surface area contributed by atoms with E-state index in [-0.39, 0.29) is 6.10 Å². The molecule has 1 aliphatic carbocycles. The second-order valence-electron chi connectivity index (χ2n) is 5.34. The summed E-state index contributed by atoms with van der Waals surface area (Å²) >= 11 is 0. The number of fused-ring (bicyclic) bond motifs is 1. The summed E-state index contributed by atoms with van der Waals surface area (Å²) < 4.78 is 11.1. The molecule has 0 radical (unpaired) electrons. The van der Waals surface area contributed by atoms with Crippen molar-refractivity contribution in [3.05, 3.63) is 17.2 Å². The molecule has 3 atom stereocenters. The van der Waals surface area contributed by atoms with Crippen molar-refractivity contribution in [2.24, 2.45) is 11.8 Å². The fourth-order valence-corrected chi connectivity index (χ4v) is 2.63. The largest absolute Gasteiger partial charge is 0.376 e. The Labute approximate surface area is 102 Å². The summed E-state index contributed by atoms with van der Waals surface area (Å²) in [7, 11) is 0. The van der Waals surface area contributed by atoms with Crippen LogP contribution in [0, 0.1) is 11.8 Å². The summed E-state index contributed by atoms with van der Waals surface area (Å²) in [6, 6.07) is 0. The highest BCUT2D eigenvalue weighted by Gasteiger charge is 2.28. The van der Waals surface area contributed by atoms with Crippen molar-refractivity contribution >= 4 is 0 Å². The highest BCUT2D eigenvalue weighted by atomic mass is 16.6. The minimum Gasteiger partial charge on any atom is -0.376 e. The Balaban J connectivity index is 1.81. The second kappa shape index (κ2) is 4.42. The lowest BCUT2D eigenvalue weighted by molar-refractivity contribution is -0.0933. The smallest absolute Gasteiger partial charge is 0.138 e. The molecule has 94 valence electrons. The third kappa shape index (κ3) is 2.11. The molecule has 2 heterocycles. The number of rotatable bonds is 1. The van der Waals surface area contributed by atoms with Crippen LogP contribution in [0.2, 0.25) is 0 Å². The Morgan fingerprint density at radius 1 is 1.18 bits per heavy atom. The van der Waals surface area contributed by atoms with Gasteiger partial charge in [0.05, 0.1) is 25.5 Å². The van der Waals surface area contributed by atoms with Gasteiger partial charge in [-0.25, -0.2) is 4.98 Å². The number of hydrogen-bond acceptors (Lipinski definition) is 3. The van der Waals surface area contributed by atoms with E-state index in [2.05, 4.69) is 18.8 Å². The van der Waals surface area contributed by atoms with Gasteiger partial charge in [-0.3, -0.25) is 0 Å². The van der Waals surface area contributed by atoms with Crippen molar-refractivity contribution in [3.8, 4) is 0 Å². The summed E-state index contributed by atoms with van der Waals surface area (Å²) in [6.45, 7) is 6.61. The van der Waals surface area contributed by atoms with Crippen LogP contribution in [0.15, 0.2) is 0 Å². The number of H-pyrrole nitrogens is 1. The number of hydrogen-bond donors (Lipinski definition) is 1. The average Bonchev–Trinajstić information content (AvgIpc) is 2.74. The summed E-state index contributed by atoms with van der Waals surface area (Å²) in [6.07, 6.45) is 2.19. The third-order valence-corrected chi connectivity index (χ3v) is 4.02. The zero-order chi connectivity index (χ0) is 11.8. The maximum atomic E-state index is 5.68. The van der Waals surface area contributed by atoms with Crippen molar-refractivity contribution in [1.82, 2.24) is 9.97 Å². The lowest BCUT2D eigenvalue weighted by atomic mass is 9.82. The SMILES string of the molecule is CC1Cc2nc(C3COCCO3)[nH]c2CC1C. The lowest BCUT2D eigenvalue weighted by Crippen LogP contribution is -2.22. The van der Waals surface area contributed by atoms with Gasteiger partial charge in [0.15, 0.2) is 0 Å². The van der Waals surface area contributed by atoms with Gasteiger partial charge in [-0.2, -0.15) is 0 Å². The molecule has 17 heavy (non-hydrogen) atoms. The predicted molar refractivity (Wildman–Crippen MR) is 63.8 cm³/mol. The number of nitrogens with one attached hydrogen (secondary N) is 1. The van der Waals surface area contributed by atoms with E-state index in [0.29, 0.717) is 19.8 Å². The van der Waals surface area contributed by atoms with Crippen LogP contribution in [0.1, 0.15) is 37.2 Å². The molecule has 1 fully saturated rings. The topological polar surface area (TPSA) is 47.1 Å². The van der Waals surface area contributed by atoms with Crippen molar-refractivity contribution < 1.29 is 9.47 Å². The number of imidazole rings is 1. The highest BCUT2D eigenvalue weighted by molar-refractivity contribution is 5.20. The fourth-order valence-electron chi connectivity index (χ4n) is 2.63. The van der Waals surface area contributed by atoms with Crippen molar-refractivity contribution in [3.63, 3.8) is 0 Å². The normalized spacial score (nSPS) is 33.4. The van der Waals surface area contributed by atoms with Crippen molar-refractivity contribution in [2.75, 3.05) is 19.8 Å². The molecule has 0 spiro atoms. The molecule has 4 heteroatoms. The molecule has 0 aromatic carbocycles. The Bertz CT molecular complexity index is 369. The maximum Gasteiger partial charge on any atom is 0.138 e. The summed E-state index contributed by atoms with van der Waals surface area (Å²) in [5.41, 5.74) is 2.54. The van der Waals surface area contributed by atoms with Crippen LogP contribution in [0.3, 0.4) is 0 Å². The first-order chi connectivity index (χ1) is 8.24. The van der Waals surface area contributed by atoms with Crippen LogP contribution >= 0.6 is 0 Å². The van der Waals surface area contributed by atoms with Gasteiger partial charge in [-0.05, 0) is 24.7 Å². The van der Waals surface area contributed by atoms with Gasteiger partial charge in [0.25, 0.3) is 0 Å². The predicted octanol–water partition coefficient (Wildman–Crippen LogP) is 1.87. The molecule has 3 unspecified atom stereocenters. The molecule has 0 saturated carbocycles. The van der Waals surface area contributed by atoms with Gasteiger partial charge < -0.3 is 14.5 Å². The van der Waals surface area contributed by atoms with E-state index < -0.39 is 0 Å². The fraction of sp³-hybridized carbons (Fsp3) is 0.769. The van der Waals surface area contributed by atoms with Crippen LogP contribution in [-0.2, 0) is 22.3 Å². The second-order valence-corrected chi connectivity index (χ2v) is 5.34. The Hall–Kier alpha value is -0.870.